The maximum absolute atomic E-state index is 10.8. The molecule has 1 atom stereocenters. The van der Waals surface area contributed by atoms with Crippen molar-refractivity contribution in [3.8, 4) is 0 Å². The second-order valence-corrected chi connectivity index (χ2v) is 3.30. The van der Waals surface area contributed by atoms with Crippen molar-refractivity contribution in [2.24, 2.45) is 0 Å². The lowest BCUT2D eigenvalue weighted by Crippen LogP contribution is -2.33. The van der Waals surface area contributed by atoms with Gasteiger partial charge in [-0.2, -0.15) is 0 Å². The molecule has 0 saturated carbocycles. The Morgan fingerprint density at radius 2 is 2.00 bits per heavy atom. The minimum Gasteiger partial charge on any atom is -0.468 e. The van der Waals surface area contributed by atoms with E-state index in [-0.39, 0.29) is 18.5 Å². The summed E-state index contributed by atoms with van der Waals surface area (Å²) in [5, 5.41) is 2.73. The van der Waals surface area contributed by atoms with Crippen molar-refractivity contribution in [2.45, 2.75) is 4.83 Å². The van der Waals surface area contributed by atoms with E-state index >= 15 is 0 Å². The topological polar surface area (TPSA) is 64.6 Å². The van der Waals surface area contributed by atoms with E-state index in [1.165, 1.54) is 14.2 Å². The number of ether oxygens (including phenoxy) is 2. The summed E-state index contributed by atoms with van der Waals surface area (Å²) >= 11 is 3.09. The van der Waals surface area contributed by atoms with Gasteiger partial charge in [0.05, 0.1) is 20.8 Å². The fourth-order valence-electron chi connectivity index (χ4n) is 0.584. The van der Waals surface area contributed by atoms with Crippen LogP contribution in [0, 0.1) is 0 Å². The van der Waals surface area contributed by atoms with Crippen LogP contribution in [0.5, 0.6) is 0 Å². The van der Waals surface area contributed by atoms with Gasteiger partial charge in [0.1, 0.15) is 4.83 Å². The average Bonchev–Trinajstić information content (AvgIpc) is 2.15. The predicted molar refractivity (Wildman–Crippen MR) is 49.6 cm³/mol. The Bertz CT molecular complexity index is 185. The zero-order valence-electron chi connectivity index (χ0n) is 7.50. The molecule has 6 heteroatoms. The minimum absolute atomic E-state index is 0.0790. The number of hydrogen-bond acceptors (Lipinski definition) is 5. The van der Waals surface area contributed by atoms with E-state index in [4.69, 9.17) is 0 Å². The molecule has 0 radical (unpaired) electrons. The van der Waals surface area contributed by atoms with E-state index < -0.39 is 4.83 Å². The highest BCUT2D eigenvalue weighted by atomic mass is 79.9. The van der Waals surface area contributed by atoms with Crippen molar-refractivity contribution in [2.75, 3.05) is 27.3 Å². The van der Waals surface area contributed by atoms with Crippen LogP contribution in [0.4, 0.5) is 0 Å². The van der Waals surface area contributed by atoms with Crippen LogP contribution < -0.4 is 5.32 Å². The molecule has 1 N–H and O–H groups in total. The lowest BCUT2D eigenvalue weighted by molar-refractivity contribution is -0.141. The van der Waals surface area contributed by atoms with Gasteiger partial charge >= 0.3 is 11.9 Å². The molecule has 0 rings (SSSR count). The monoisotopic (exact) mass is 253 g/mol. The lowest BCUT2D eigenvalue weighted by atomic mass is 10.4. The molecule has 76 valence electrons. The summed E-state index contributed by atoms with van der Waals surface area (Å²) in [5.41, 5.74) is 0. The van der Waals surface area contributed by atoms with Gasteiger partial charge in [-0.3, -0.25) is 9.59 Å². The van der Waals surface area contributed by atoms with Crippen molar-refractivity contribution in [1.29, 1.82) is 0 Å². The molecule has 0 aromatic heterocycles. The largest absolute Gasteiger partial charge is 0.468 e. The van der Waals surface area contributed by atoms with Crippen molar-refractivity contribution in [1.82, 2.24) is 5.32 Å². The molecular weight excluding hydrogens is 242 g/mol. The van der Waals surface area contributed by atoms with Crippen LogP contribution in [-0.4, -0.2) is 44.1 Å². The summed E-state index contributed by atoms with van der Waals surface area (Å²) < 4.78 is 8.84. The van der Waals surface area contributed by atoms with E-state index in [9.17, 15) is 9.59 Å². The van der Waals surface area contributed by atoms with E-state index in [2.05, 4.69) is 30.7 Å². The molecular formula is C7H12BrNO4. The van der Waals surface area contributed by atoms with Crippen LogP contribution in [0.3, 0.4) is 0 Å². The summed E-state index contributed by atoms with van der Waals surface area (Å²) in [4.78, 5) is 21.0. The van der Waals surface area contributed by atoms with Crippen molar-refractivity contribution >= 4 is 27.9 Å². The Labute approximate surface area is 84.9 Å². The highest BCUT2D eigenvalue weighted by molar-refractivity contribution is 9.10. The molecule has 0 heterocycles. The molecule has 1 unspecified atom stereocenters. The molecule has 0 amide bonds. The smallest absolute Gasteiger partial charge is 0.320 e. The third-order valence-corrected chi connectivity index (χ3v) is 1.98. The minimum atomic E-state index is -0.442. The second kappa shape index (κ2) is 6.85. The van der Waals surface area contributed by atoms with Crippen molar-refractivity contribution in [3.63, 3.8) is 0 Å². The maximum atomic E-state index is 10.8. The molecule has 0 aromatic rings. The van der Waals surface area contributed by atoms with Gasteiger partial charge in [0, 0.05) is 6.54 Å². The zero-order chi connectivity index (χ0) is 10.3. The highest BCUT2D eigenvalue weighted by Crippen LogP contribution is 1.99. The molecule has 0 spiro atoms. The Balaban J connectivity index is 3.53. The molecule has 0 aliphatic carbocycles. The number of esters is 2. The number of methoxy groups -OCH3 is 2. The lowest BCUT2D eigenvalue weighted by Gasteiger charge is -2.07. The van der Waals surface area contributed by atoms with Gasteiger partial charge in [0.25, 0.3) is 0 Å². The molecule has 0 aromatic carbocycles. The first-order valence-corrected chi connectivity index (χ1v) is 4.52. The number of alkyl halides is 1. The first kappa shape index (κ1) is 12.4. The maximum Gasteiger partial charge on any atom is 0.320 e. The van der Waals surface area contributed by atoms with Crippen molar-refractivity contribution in [3.05, 3.63) is 0 Å². The first-order valence-electron chi connectivity index (χ1n) is 3.61. The quantitative estimate of drug-likeness (QED) is 0.538. The molecule has 0 saturated heterocycles. The van der Waals surface area contributed by atoms with Crippen LogP contribution in [0.2, 0.25) is 0 Å². The van der Waals surface area contributed by atoms with Crippen LogP contribution in [-0.2, 0) is 19.1 Å². The number of rotatable bonds is 5. The van der Waals surface area contributed by atoms with Crippen LogP contribution >= 0.6 is 15.9 Å². The molecule has 5 nitrogen and oxygen atoms in total. The van der Waals surface area contributed by atoms with Crippen molar-refractivity contribution < 1.29 is 19.1 Å². The SMILES string of the molecule is COC(=O)CNCC(Br)C(=O)OC. The first-order chi connectivity index (χ1) is 6.11. The normalized spacial score (nSPS) is 11.9. The molecule has 13 heavy (non-hydrogen) atoms. The predicted octanol–water partition coefficient (Wildman–Crippen LogP) is -0.315. The molecule has 0 fully saturated rings. The van der Waals surface area contributed by atoms with E-state index in [0.29, 0.717) is 6.54 Å². The fourth-order valence-corrected chi connectivity index (χ4v) is 1.00. The standard InChI is InChI=1S/C7H12BrNO4/c1-12-6(10)4-9-3-5(8)7(11)13-2/h5,9H,3-4H2,1-2H3. The summed E-state index contributed by atoms with van der Waals surface area (Å²) in [6, 6.07) is 0. The van der Waals surface area contributed by atoms with Gasteiger partial charge in [-0.05, 0) is 0 Å². The third-order valence-electron chi connectivity index (χ3n) is 1.28. The van der Waals surface area contributed by atoms with Gasteiger partial charge in [0.2, 0.25) is 0 Å². The average molecular weight is 254 g/mol. The number of carbonyl (C=O) groups excluding carboxylic acids is 2. The molecule has 0 aliphatic heterocycles. The van der Waals surface area contributed by atoms with Gasteiger partial charge in [-0.1, -0.05) is 15.9 Å². The third kappa shape index (κ3) is 5.59. The number of carbonyl (C=O) groups is 2. The molecule has 0 aliphatic rings. The Hall–Kier alpha value is -0.620. The van der Waals surface area contributed by atoms with Crippen LogP contribution in [0.25, 0.3) is 0 Å². The summed E-state index contributed by atoms with van der Waals surface area (Å²) in [6.07, 6.45) is 0. The van der Waals surface area contributed by atoms with Gasteiger partial charge < -0.3 is 14.8 Å². The Morgan fingerprint density at radius 1 is 1.38 bits per heavy atom. The summed E-state index contributed by atoms with van der Waals surface area (Å²) in [7, 11) is 2.60. The van der Waals surface area contributed by atoms with Crippen LogP contribution in [0.1, 0.15) is 0 Å². The van der Waals surface area contributed by atoms with Crippen LogP contribution in [0.15, 0.2) is 0 Å². The fraction of sp³-hybridized carbons (Fsp3) is 0.714. The number of nitrogens with one attached hydrogen (secondary N) is 1. The van der Waals surface area contributed by atoms with E-state index in [0.717, 1.165) is 0 Å². The van der Waals surface area contributed by atoms with Gasteiger partial charge in [0.15, 0.2) is 0 Å². The Morgan fingerprint density at radius 3 is 2.46 bits per heavy atom. The summed E-state index contributed by atoms with van der Waals surface area (Å²) in [5.74, 6) is -0.748. The Kier molecular flexibility index (Phi) is 6.52. The zero-order valence-corrected chi connectivity index (χ0v) is 9.09. The summed E-state index contributed by atoms with van der Waals surface area (Å²) in [6.45, 7) is 0.400. The second-order valence-electron chi connectivity index (χ2n) is 2.20. The van der Waals surface area contributed by atoms with Gasteiger partial charge in [-0.25, -0.2) is 0 Å². The van der Waals surface area contributed by atoms with E-state index in [1.807, 2.05) is 0 Å². The number of halogens is 1. The highest BCUT2D eigenvalue weighted by Gasteiger charge is 2.14. The van der Waals surface area contributed by atoms with Gasteiger partial charge in [-0.15, -0.1) is 0 Å². The van der Waals surface area contributed by atoms with E-state index in [1.54, 1.807) is 0 Å². The number of hydrogen-bond donors (Lipinski definition) is 1. The molecule has 0 bridgehead atoms.